The maximum absolute atomic E-state index is 5.37. The lowest BCUT2D eigenvalue weighted by Gasteiger charge is -2.02. The van der Waals surface area contributed by atoms with Crippen molar-refractivity contribution in [2.24, 2.45) is 0 Å². The van der Waals surface area contributed by atoms with E-state index in [1.54, 1.807) is 0 Å². The number of ether oxygens (including phenoxy) is 1. The van der Waals surface area contributed by atoms with Crippen molar-refractivity contribution in [1.29, 1.82) is 0 Å². The Kier molecular flexibility index (Phi) is 11.3. The fraction of sp³-hybridized carbons (Fsp3) is 1.00. The molecule has 0 N–H and O–H groups in total. The topological polar surface area (TPSA) is 18.5 Å². The first-order chi connectivity index (χ1) is 5.91. The summed E-state index contributed by atoms with van der Waals surface area (Å²) in [6.45, 7) is 5.52. The molecule has 0 aliphatic heterocycles. The minimum Gasteiger partial charge on any atom is -0.402 e. The van der Waals surface area contributed by atoms with Crippen LogP contribution in [-0.4, -0.2) is 23.2 Å². The molecule has 74 valence electrons. The lowest BCUT2D eigenvalue weighted by Crippen LogP contribution is -2.03. The average molecular weight is 190 g/mol. The summed E-state index contributed by atoms with van der Waals surface area (Å²) in [5, 5.41) is 0. The van der Waals surface area contributed by atoms with Gasteiger partial charge in [0.15, 0.2) is 9.76 Å². The molecule has 0 aromatic rings. The van der Waals surface area contributed by atoms with E-state index >= 15 is 0 Å². The van der Waals surface area contributed by atoms with Crippen molar-refractivity contribution in [3.05, 3.63) is 0 Å². The van der Waals surface area contributed by atoms with Crippen LogP contribution in [0.1, 0.15) is 39.5 Å². The molecule has 0 aliphatic rings. The third kappa shape index (κ3) is 10.1. The van der Waals surface area contributed by atoms with Crippen LogP contribution in [0.2, 0.25) is 6.04 Å². The molecule has 3 heteroatoms. The van der Waals surface area contributed by atoms with Crippen LogP contribution in [0.25, 0.3) is 0 Å². The summed E-state index contributed by atoms with van der Waals surface area (Å²) in [5.41, 5.74) is 0. The Hall–Kier alpha value is 0.137. The summed E-state index contributed by atoms with van der Waals surface area (Å²) in [5.74, 6) is 0. The van der Waals surface area contributed by atoms with Gasteiger partial charge in [-0.2, -0.15) is 0 Å². The largest absolute Gasteiger partial charge is 0.402 e. The van der Waals surface area contributed by atoms with Gasteiger partial charge in [0.2, 0.25) is 0 Å². The molecule has 0 aromatic heterocycles. The van der Waals surface area contributed by atoms with E-state index in [0.29, 0.717) is 6.79 Å². The van der Waals surface area contributed by atoms with Crippen LogP contribution in [0.15, 0.2) is 0 Å². The molecule has 0 bridgehead atoms. The molecule has 0 unspecified atom stereocenters. The Labute approximate surface area is 78.6 Å². The predicted molar refractivity (Wildman–Crippen MR) is 55.1 cm³/mol. The highest BCUT2D eigenvalue weighted by atomic mass is 28.2. The Bertz CT molecular complexity index is 68.9. The van der Waals surface area contributed by atoms with Gasteiger partial charge in [0, 0.05) is 6.61 Å². The van der Waals surface area contributed by atoms with E-state index < -0.39 is 0 Å². The number of unbranched alkanes of at least 4 members (excludes halogenated alkanes) is 3. The van der Waals surface area contributed by atoms with Crippen LogP contribution in [0.5, 0.6) is 0 Å². The van der Waals surface area contributed by atoms with E-state index in [-0.39, 0.29) is 9.76 Å². The summed E-state index contributed by atoms with van der Waals surface area (Å²) in [6.07, 6.45) is 5.43. The van der Waals surface area contributed by atoms with Crippen molar-refractivity contribution in [3.63, 3.8) is 0 Å². The molecular formula is C9H22O2Si. The molecule has 0 saturated carbocycles. The van der Waals surface area contributed by atoms with Gasteiger partial charge in [-0.3, -0.25) is 0 Å². The van der Waals surface area contributed by atoms with Crippen LogP contribution >= 0.6 is 0 Å². The number of hydrogen-bond donors (Lipinski definition) is 0. The zero-order valence-electron chi connectivity index (χ0n) is 8.47. The van der Waals surface area contributed by atoms with Crippen molar-refractivity contribution in [2.75, 3.05) is 13.4 Å². The molecule has 0 aliphatic carbocycles. The van der Waals surface area contributed by atoms with Gasteiger partial charge in [-0.1, -0.05) is 32.6 Å². The van der Waals surface area contributed by atoms with E-state index in [1.807, 2.05) is 6.92 Å². The van der Waals surface area contributed by atoms with Crippen molar-refractivity contribution in [3.8, 4) is 0 Å². The van der Waals surface area contributed by atoms with Gasteiger partial charge in [-0.05, 0) is 13.0 Å². The molecule has 0 saturated heterocycles. The third-order valence-electron chi connectivity index (χ3n) is 1.76. The van der Waals surface area contributed by atoms with Crippen LogP contribution < -0.4 is 0 Å². The SMILES string of the molecule is CCCCCC[SiH2]OCOCC. The molecule has 0 aromatic carbocycles. The van der Waals surface area contributed by atoms with E-state index in [0.717, 1.165) is 6.61 Å². The zero-order chi connectivity index (χ0) is 9.07. The average Bonchev–Trinajstić information content (AvgIpc) is 2.10. The maximum atomic E-state index is 5.37. The van der Waals surface area contributed by atoms with Gasteiger partial charge in [-0.25, -0.2) is 0 Å². The van der Waals surface area contributed by atoms with Gasteiger partial charge in [0.1, 0.15) is 6.79 Å². The molecule has 2 nitrogen and oxygen atoms in total. The Morgan fingerprint density at radius 2 is 1.92 bits per heavy atom. The quantitative estimate of drug-likeness (QED) is 0.315. The minimum atomic E-state index is -0.262. The van der Waals surface area contributed by atoms with Crippen LogP contribution in [-0.2, 0) is 9.16 Å². The molecule has 0 fully saturated rings. The lowest BCUT2D eigenvalue weighted by molar-refractivity contribution is 0.0242. The standard InChI is InChI=1S/C9H22O2Si/c1-3-5-6-7-8-12-11-9-10-4-2/h3-9,12H2,1-2H3. The lowest BCUT2D eigenvalue weighted by atomic mass is 10.2. The van der Waals surface area contributed by atoms with Gasteiger partial charge in [0.05, 0.1) is 0 Å². The first kappa shape index (κ1) is 12.1. The summed E-state index contributed by atoms with van der Waals surface area (Å²) >= 11 is 0. The molecule has 0 spiro atoms. The molecule has 12 heavy (non-hydrogen) atoms. The fourth-order valence-electron chi connectivity index (χ4n) is 1.01. The third-order valence-corrected chi connectivity index (χ3v) is 3.01. The first-order valence-electron chi connectivity index (χ1n) is 5.07. The molecule has 0 atom stereocenters. The first-order valence-corrected chi connectivity index (χ1v) is 6.65. The highest BCUT2D eigenvalue weighted by Crippen LogP contribution is 2.01. The summed E-state index contributed by atoms with van der Waals surface area (Å²) in [7, 11) is -0.262. The van der Waals surface area contributed by atoms with Crippen molar-refractivity contribution in [1.82, 2.24) is 0 Å². The number of hydrogen-bond acceptors (Lipinski definition) is 2. The Morgan fingerprint density at radius 1 is 1.08 bits per heavy atom. The van der Waals surface area contributed by atoms with Gasteiger partial charge in [0.25, 0.3) is 0 Å². The molecule has 0 amide bonds. The second kappa shape index (κ2) is 11.1. The summed E-state index contributed by atoms with van der Waals surface area (Å²) in [6, 6.07) is 1.31. The molecule has 0 heterocycles. The van der Waals surface area contributed by atoms with E-state index in [2.05, 4.69) is 6.92 Å². The van der Waals surface area contributed by atoms with Crippen LogP contribution in [0, 0.1) is 0 Å². The monoisotopic (exact) mass is 190 g/mol. The minimum absolute atomic E-state index is 0.262. The predicted octanol–water partition coefficient (Wildman–Crippen LogP) is 2.08. The van der Waals surface area contributed by atoms with Gasteiger partial charge >= 0.3 is 0 Å². The highest BCUT2D eigenvalue weighted by molar-refractivity contribution is 6.26. The zero-order valence-corrected chi connectivity index (χ0v) is 9.89. The number of rotatable bonds is 9. The maximum Gasteiger partial charge on any atom is 0.164 e. The Balaban J connectivity index is 2.73. The van der Waals surface area contributed by atoms with E-state index in [4.69, 9.17) is 9.16 Å². The van der Waals surface area contributed by atoms with Crippen molar-refractivity contribution in [2.45, 2.75) is 45.6 Å². The highest BCUT2D eigenvalue weighted by Gasteiger charge is 1.90. The summed E-state index contributed by atoms with van der Waals surface area (Å²) < 4.78 is 10.4. The Morgan fingerprint density at radius 3 is 2.58 bits per heavy atom. The molecule has 0 radical (unpaired) electrons. The fourth-order valence-corrected chi connectivity index (χ4v) is 2.01. The summed E-state index contributed by atoms with van der Waals surface area (Å²) in [4.78, 5) is 0. The molecule has 0 rings (SSSR count). The smallest absolute Gasteiger partial charge is 0.164 e. The normalized spacial score (nSPS) is 11.5. The second-order valence-electron chi connectivity index (χ2n) is 2.93. The van der Waals surface area contributed by atoms with Crippen LogP contribution in [0.3, 0.4) is 0 Å². The van der Waals surface area contributed by atoms with Gasteiger partial charge < -0.3 is 9.16 Å². The van der Waals surface area contributed by atoms with Crippen molar-refractivity contribution >= 4 is 9.76 Å². The van der Waals surface area contributed by atoms with Gasteiger partial charge in [-0.15, -0.1) is 0 Å². The van der Waals surface area contributed by atoms with Crippen LogP contribution in [0.4, 0.5) is 0 Å². The van der Waals surface area contributed by atoms with E-state index in [1.165, 1.54) is 31.7 Å². The second-order valence-corrected chi connectivity index (χ2v) is 4.46. The van der Waals surface area contributed by atoms with E-state index in [9.17, 15) is 0 Å². The molecular weight excluding hydrogens is 168 g/mol. The van der Waals surface area contributed by atoms with Crippen molar-refractivity contribution < 1.29 is 9.16 Å².